The molecule has 0 saturated carbocycles. The minimum atomic E-state index is 0.361. The normalized spacial score (nSPS) is 33.1. The van der Waals surface area contributed by atoms with E-state index in [1.165, 1.54) is 38.9 Å². The number of piperidine rings is 1. The van der Waals surface area contributed by atoms with Gasteiger partial charge in [0.15, 0.2) is 0 Å². The number of aliphatic hydroxyl groups is 1. The van der Waals surface area contributed by atoms with Gasteiger partial charge >= 0.3 is 0 Å². The SMILES string of the molecule is C=CCN1CCCC(N2CCC(CO)C2)C1. The lowest BCUT2D eigenvalue weighted by Gasteiger charge is -2.37. The van der Waals surface area contributed by atoms with Gasteiger partial charge in [-0.3, -0.25) is 9.80 Å². The molecule has 16 heavy (non-hydrogen) atoms. The van der Waals surface area contributed by atoms with Gasteiger partial charge in [-0.1, -0.05) is 6.08 Å². The van der Waals surface area contributed by atoms with Crippen LogP contribution in [-0.4, -0.2) is 60.3 Å². The number of rotatable bonds is 4. The van der Waals surface area contributed by atoms with Crippen LogP contribution in [0, 0.1) is 5.92 Å². The molecule has 3 heteroatoms. The summed E-state index contributed by atoms with van der Waals surface area (Å²) in [6.07, 6.45) is 5.81. The quantitative estimate of drug-likeness (QED) is 0.720. The molecule has 0 spiro atoms. The summed E-state index contributed by atoms with van der Waals surface area (Å²) >= 11 is 0. The molecule has 0 aliphatic carbocycles. The average Bonchev–Trinajstić information content (AvgIpc) is 2.78. The zero-order valence-corrected chi connectivity index (χ0v) is 10.1. The van der Waals surface area contributed by atoms with Crippen LogP contribution < -0.4 is 0 Å². The molecule has 0 aromatic rings. The van der Waals surface area contributed by atoms with Crippen LogP contribution in [0.25, 0.3) is 0 Å². The van der Waals surface area contributed by atoms with Crippen LogP contribution in [0.4, 0.5) is 0 Å². The Bertz CT molecular complexity index is 232. The van der Waals surface area contributed by atoms with Crippen molar-refractivity contribution >= 4 is 0 Å². The third-order valence-electron chi connectivity index (χ3n) is 3.96. The molecular formula is C13H24N2O. The summed E-state index contributed by atoms with van der Waals surface area (Å²) in [7, 11) is 0. The van der Waals surface area contributed by atoms with Crippen LogP contribution in [0.15, 0.2) is 12.7 Å². The fourth-order valence-electron chi connectivity index (χ4n) is 3.02. The fraction of sp³-hybridized carbons (Fsp3) is 0.846. The zero-order valence-electron chi connectivity index (χ0n) is 10.1. The second kappa shape index (κ2) is 5.80. The molecule has 2 heterocycles. The third-order valence-corrected chi connectivity index (χ3v) is 3.96. The summed E-state index contributed by atoms with van der Waals surface area (Å²) in [5.41, 5.74) is 0. The van der Waals surface area contributed by atoms with E-state index >= 15 is 0 Å². The van der Waals surface area contributed by atoms with Crippen molar-refractivity contribution in [3.63, 3.8) is 0 Å². The van der Waals surface area contributed by atoms with Gasteiger partial charge in [0.2, 0.25) is 0 Å². The Labute approximate surface area is 98.7 Å². The summed E-state index contributed by atoms with van der Waals surface area (Å²) in [5.74, 6) is 0.523. The first-order valence-electron chi connectivity index (χ1n) is 6.51. The smallest absolute Gasteiger partial charge is 0.0471 e. The molecule has 2 unspecified atom stereocenters. The maximum atomic E-state index is 9.17. The zero-order chi connectivity index (χ0) is 11.4. The Morgan fingerprint density at radius 1 is 1.25 bits per heavy atom. The molecule has 2 saturated heterocycles. The van der Waals surface area contributed by atoms with Crippen LogP contribution in [0.2, 0.25) is 0 Å². The number of likely N-dealkylation sites (tertiary alicyclic amines) is 2. The minimum absolute atomic E-state index is 0.361. The van der Waals surface area contributed by atoms with E-state index in [-0.39, 0.29) is 0 Å². The van der Waals surface area contributed by atoms with E-state index in [1.54, 1.807) is 0 Å². The van der Waals surface area contributed by atoms with Crippen LogP contribution in [0.1, 0.15) is 19.3 Å². The van der Waals surface area contributed by atoms with Gasteiger partial charge in [-0.05, 0) is 38.3 Å². The predicted molar refractivity (Wildman–Crippen MR) is 66.4 cm³/mol. The van der Waals surface area contributed by atoms with Crippen molar-refractivity contribution in [2.45, 2.75) is 25.3 Å². The molecule has 0 radical (unpaired) electrons. The molecule has 2 atom stereocenters. The molecule has 0 bridgehead atoms. The Morgan fingerprint density at radius 2 is 2.12 bits per heavy atom. The van der Waals surface area contributed by atoms with E-state index in [1.807, 2.05) is 6.08 Å². The van der Waals surface area contributed by atoms with Gasteiger partial charge in [-0.15, -0.1) is 6.58 Å². The summed E-state index contributed by atoms with van der Waals surface area (Å²) in [6.45, 7) is 9.88. The van der Waals surface area contributed by atoms with Gasteiger partial charge in [-0.25, -0.2) is 0 Å². The Balaban J connectivity index is 1.82. The molecule has 2 fully saturated rings. The average molecular weight is 224 g/mol. The van der Waals surface area contributed by atoms with Gasteiger partial charge in [0, 0.05) is 32.3 Å². The Kier molecular flexibility index (Phi) is 4.38. The number of nitrogens with zero attached hydrogens (tertiary/aromatic N) is 2. The summed E-state index contributed by atoms with van der Waals surface area (Å²) in [5, 5.41) is 9.17. The highest BCUT2D eigenvalue weighted by molar-refractivity contribution is 4.87. The van der Waals surface area contributed by atoms with Gasteiger partial charge < -0.3 is 5.11 Å². The largest absolute Gasteiger partial charge is 0.396 e. The number of aliphatic hydroxyl groups excluding tert-OH is 1. The predicted octanol–water partition coefficient (Wildman–Crippen LogP) is 0.951. The van der Waals surface area contributed by atoms with Gasteiger partial charge in [-0.2, -0.15) is 0 Å². The van der Waals surface area contributed by atoms with Crippen molar-refractivity contribution in [3.8, 4) is 0 Å². The van der Waals surface area contributed by atoms with E-state index < -0.39 is 0 Å². The van der Waals surface area contributed by atoms with Crippen LogP contribution >= 0.6 is 0 Å². The van der Waals surface area contributed by atoms with E-state index in [0.717, 1.165) is 13.1 Å². The second-order valence-corrected chi connectivity index (χ2v) is 5.18. The van der Waals surface area contributed by atoms with Gasteiger partial charge in [0.25, 0.3) is 0 Å². The van der Waals surface area contributed by atoms with Crippen molar-refractivity contribution in [1.82, 2.24) is 9.80 Å². The van der Waals surface area contributed by atoms with E-state index in [0.29, 0.717) is 18.6 Å². The van der Waals surface area contributed by atoms with Crippen molar-refractivity contribution < 1.29 is 5.11 Å². The topological polar surface area (TPSA) is 26.7 Å². The monoisotopic (exact) mass is 224 g/mol. The molecule has 0 amide bonds. The second-order valence-electron chi connectivity index (χ2n) is 5.18. The first kappa shape index (κ1) is 12.1. The molecule has 0 aromatic carbocycles. The highest BCUT2D eigenvalue weighted by Gasteiger charge is 2.30. The van der Waals surface area contributed by atoms with Crippen molar-refractivity contribution in [1.29, 1.82) is 0 Å². The highest BCUT2D eigenvalue weighted by atomic mass is 16.3. The van der Waals surface area contributed by atoms with Crippen LogP contribution in [0.3, 0.4) is 0 Å². The molecule has 3 nitrogen and oxygen atoms in total. The lowest BCUT2D eigenvalue weighted by Crippen LogP contribution is -2.47. The molecule has 2 aliphatic heterocycles. The lowest BCUT2D eigenvalue weighted by molar-refractivity contribution is 0.116. The van der Waals surface area contributed by atoms with Crippen molar-refractivity contribution in [2.24, 2.45) is 5.92 Å². The maximum Gasteiger partial charge on any atom is 0.0471 e. The summed E-state index contributed by atoms with van der Waals surface area (Å²) in [4.78, 5) is 5.07. The molecule has 2 rings (SSSR count). The Hall–Kier alpha value is -0.380. The number of hydrogen-bond acceptors (Lipinski definition) is 3. The van der Waals surface area contributed by atoms with Crippen molar-refractivity contribution in [2.75, 3.05) is 39.3 Å². The van der Waals surface area contributed by atoms with E-state index in [9.17, 15) is 0 Å². The fourth-order valence-corrected chi connectivity index (χ4v) is 3.02. The molecule has 0 aromatic heterocycles. The first-order chi connectivity index (χ1) is 7.83. The van der Waals surface area contributed by atoms with Crippen LogP contribution in [-0.2, 0) is 0 Å². The highest BCUT2D eigenvalue weighted by Crippen LogP contribution is 2.23. The molecule has 2 aliphatic rings. The standard InChI is InChI=1S/C13H24N2O/c1-2-6-14-7-3-4-13(10-14)15-8-5-12(9-15)11-16/h2,12-13,16H,1,3-11H2. The number of hydrogen-bond donors (Lipinski definition) is 1. The summed E-state index contributed by atoms with van der Waals surface area (Å²) < 4.78 is 0. The Morgan fingerprint density at radius 3 is 2.81 bits per heavy atom. The van der Waals surface area contributed by atoms with E-state index in [4.69, 9.17) is 5.11 Å². The van der Waals surface area contributed by atoms with Gasteiger partial charge in [0.1, 0.15) is 0 Å². The third kappa shape index (κ3) is 2.84. The summed E-state index contributed by atoms with van der Waals surface area (Å²) in [6, 6.07) is 0.713. The lowest BCUT2D eigenvalue weighted by atomic mass is 10.0. The molecule has 1 N–H and O–H groups in total. The van der Waals surface area contributed by atoms with Gasteiger partial charge in [0.05, 0.1) is 0 Å². The van der Waals surface area contributed by atoms with Crippen molar-refractivity contribution in [3.05, 3.63) is 12.7 Å². The molecular weight excluding hydrogens is 200 g/mol. The first-order valence-corrected chi connectivity index (χ1v) is 6.51. The van der Waals surface area contributed by atoms with Crippen LogP contribution in [0.5, 0.6) is 0 Å². The minimum Gasteiger partial charge on any atom is -0.396 e. The molecule has 92 valence electrons. The van der Waals surface area contributed by atoms with E-state index in [2.05, 4.69) is 16.4 Å². The maximum absolute atomic E-state index is 9.17.